The summed E-state index contributed by atoms with van der Waals surface area (Å²) in [5.41, 5.74) is 4.18. The standard InChI is InChI=1S/C24H29N3O2/c1-17-7-6-10-21(25-17)23(29)27-13-11-24(12-14-27)16-18(15-22(28)26(2)3)19-8-4-5-9-20(19)24/h4-10,18H,11-16H2,1-3H3/t18-/m1/s1. The highest BCUT2D eigenvalue weighted by molar-refractivity contribution is 5.92. The molecule has 1 aromatic heterocycles. The lowest BCUT2D eigenvalue weighted by molar-refractivity contribution is -0.129. The summed E-state index contributed by atoms with van der Waals surface area (Å²) in [6.07, 6.45) is 3.43. The topological polar surface area (TPSA) is 53.5 Å². The third-order valence-corrected chi connectivity index (χ3v) is 6.64. The maximum absolute atomic E-state index is 12.9. The molecule has 2 heterocycles. The van der Waals surface area contributed by atoms with Crippen molar-refractivity contribution in [3.63, 3.8) is 0 Å². The summed E-state index contributed by atoms with van der Waals surface area (Å²) in [5, 5.41) is 0. The molecule has 152 valence electrons. The van der Waals surface area contributed by atoms with Gasteiger partial charge in [-0.2, -0.15) is 0 Å². The molecule has 1 spiro atoms. The average molecular weight is 392 g/mol. The lowest BCUT2D eigenvalue weighted by atomic mass is 9.73. The largest absolute Gasteiger partial charge is 0.349 e. The first-order valence-electron chi connectivity index (χ1n) is 10.4. The number of carbonyl (C=O) groups is 2. The molecule has 5 nitrogen and oxygen atoms in total. The zero-order valence-corrected chi connectivity index (χ0v) is 17.5. The predicted molar refractivity (Wildman–Crippen MR) is 113 cm³/mol. The lowest BCUT2D eigenvalue weighted by Crippen LogP contribution is -2.44. The van der Waals surface area contributed by atoms with E-state index >= 15 is 0 Å². The highest BCUT2D eigenvalue weighted by atomic mass is 16.2. The summed E-state index contributed by atoms with van der Waals surface area (Å²) in [5.74, 6) is 0.468. The molecule has 1 aliphatic carbocycles. The second-order valence-corrected chi connectivity index (χ2v) is 8.72. The molecular weight excluding hydrogens is 362 g/mol. The second-order valence-electron chi connectivity index (χ2n) is 8.72. The molecule has 1 aromatic carbocycles. The van der Waals surface area contributed by atoms with E-state index in [9.17, 15) is 9.59 Å². The monoisotopic (exact) mass is 391 g/mol. The summed E-state index contributed by atoms with van der Waals surface area (Å²) < 4.78 is 0. The van der Waals surface area contributed by atoms with Gasteiger partial charge in [-0.15, -0.1) is 0 Å². The second kappa shape index (κ2) is 7.62. The maximum Gasteiger partial charge on any atom is 0.272 e. The third kappa shape index (κ3) is 3.66. The minimum absolute atomic E-state index is 0.0224. The first-order valence-corrected chi connectivity index (χ1v) is 10.4. The van der Waals surface area contributed by atoms with Gasteiger partial charge in [0.1, 0.15) is 5.69 Å². The summed E-state index contributed by atoms with van der Waals surface area (Å²) in [4.78, 5) is 33.3. The molecule has 1 atom stereocenters. The fourth-order valence-electron chi connectivity index (χ4n) is 5.04. The molecule has 1 fully saturated rings. The number of rotatable bonds is 3. The Bertz CT molecular complexity index is 929. The lowest BCUT2D eigenvalue weighted by Gasteiger charge is -2.40. The van der Waals surface area contributed by atoms with E-state index < -0.39 is 0 Å². The molecule has 0 bridgehead atoms. The van der Waals surface area contributed by atoms with Crippen LogP contribution in [0.5, 0.6) is 0 Å². The molecule has 5 heteroatoms. The van der Waals surface area contributed by atoms with Crippen LogP contribution in [0, 0.1) is 6.92 Å². The number of piperidine rings is 1. The number of fused-ring (bicyclic) bond motifs is 2. The molecule has 29 heavy (non-hydrogen) atoms. The number of benzene rings is 1. The number of aryl methyl sites for hydroxylation is 1. The number of aromatic nitrogens is 1. The summed E-state index contributed by atoms with van der Waals surface area (Å²) >= 11 is 0. The quantitative estimate of drug-likeness (QED) is 0.804. The van der Waals surface area contributed by atoms with Crippen LogP contribution in [0.15, 0.2) is 42.5 Å². The molecule has 0 saturated carbocycles. The highest BCUT2D eigenvalue weighted by Gasteiger charge is 2.46. The Hall–Kier alpha value is -2.69. The van der Waals surface area contributed by atoms with E-state index in [1.165, 1.54) is 11.1 Å². The van der Waals surface area contributed by atoms with Gasteiger partial charge in [0.25, 0.3) is 5.91 Å². The van der Waals surface area contributed by atoms with Crippen molar-refractivity contribution < 1.29 is 9.59 Å². The first-order chi connectivity index (χ1) is 13.9. The van der Waals surface area contributed by atoms with Crippen molar-refractivity contribution in [3.8, 4) is 0 Å². The number of nitrogens with zero attached hydrogens (tertiary/aromatic N) is 3. The number of carbonyl (C=O) groups excluding carboxylic acids is 2. The van der Waals surface area contributed by atoms with Crippen LogP contribution >= 0.6 is 0 Å². The molecule has 4 rings (SSSR count). The van der Waals surface area contributed by atoms with Gasteiger partial charge >= 0.3 is 0 Å². The van der Waals surface area contributed by atoms with Gasteiger partial charge in [-0.3, -0.25) is 9.59 Å². The van der Waals surface area contributed by atoms with Gasteiger partial charge in [0.15, 0.2) is 0 Å². The fraction of sp³-hybridized carbons (Fsp3) is 0.458. The molecule has 0 radical (unpaired) electrons. The van der Waals surface area contributed by atoms with Crippen molar-refractivity contribution in [1.29, 1.82) is 0 Å². The molecule has 0 unspecified atom stereocenters. The molecule has 1 saturated heterocycles. The van der Waals surface area contributed by atoms with Gasteiger partial charge in [-0.05, 0) is 60.8 Å². The molecule has 2 aliphatic rings. The van der Waals surface area contributed by atoms with Crippen molar-refractivity contribution in [1.82, 2.24) is 14.8 Å². The van der Waals surface area contributed by atoms with Crippen LogP contribution in [0.4, 0.5) is 0 Å². The zero-order valence-electron chi connectivity index (χ0n) is 17.5. The number of likely N-dealkylation sites (tertiary alicyclic amines) is 1. The summed E-state index contributed by atoms with van der Waals surface area (Å²) in [6, 6.07) is 14.2. The van der Waals surface area contributed by atoms with E-state index in [0.717, 1.165) is 38.0 Å². The van der Waals surface area contributed by atoms with Crippen LogP contribution < -0.4 is 0 Å². The summed E-state index contributed by atoms with van der Waals surface area (Å²) in [6.45, 7) is 3.38. The van der Waals surface area contributed by atoms with Crippen LogP contribution in [0.1, 0.15) is 58.9 Å². The van der Waals surface area contributed by atoms with E-state index in [4.69, 9.17) is 0 Å². The molecule has 2 amide bonds. The van der Waals surface area contributed by atoms with Gasteiger partial charge in [-0.1, -0.05) is 30.3 Å². The maximum atomic E-state index is 12.9. The number of amides is 2. The number of hydrogen-bond donors (Lipinski definition) is 0. The van der Waals surface area contributed by atoms with Crippen molar-refractivity contribution in [2.45, 2.75) is 43.9 Å². The first kappa shape index (κ1) is 19.6. The van der Waals surface area contributed by atoms with E-state index in [0.29, 0.717) is 12.1 Å². The molecule has 1 aliphatic heterocycles. The Kier molecular flexibility index (Phi) is 5.15. The van der Waals surface area contributed by atoms with Crippen molar-refractivity contribution in [2.75, 3.05) is 27.2 Å². The Morgan fingerprint density at radius 2 is 1.83 bits per heavy atom. The Labute approximate surface area is 172 Å². The minimum atomic E-state index is 0.0224. The number of hydrogen-bond acceptors (Lipinski definition) is 3. The van der Waals surface area contributed by atoms with Gasteiger partial charge < -0.3 is 9.80 Å². The van der Waals surface area contributed by atoms with Crippen LogP contribution in [-0.2, 0) is 10.2 Å². The van der Waals surface area contributed by atoms with E-state index in [1.54, 1.807) is 11.0 Å². The van der Waals surface area contributed by atoms with E-state index in [1.807, 2.05) is 38.1 Å². The van der Waals surface area contributed by atoms with E-state index in [2.05, 4.69) is 29.2 Å². The van der Waals surface area contributed by atoms with Crippen LogP contribution in [-0.4, -0.2) is 53.8 Å². The smallest absolute Gasteiger partial charge is 0.272 e. The molecular formula is C24H29N3O2. The van der Waals surface area contributed by atoms with Gasteiger partial charge in [0, 0.05) is 39.3 Å². The summed E-state index contributed by atoms with van der Waals surface area (Å²) in [7, 11) is 3.64. The van der Waals surface area contributed by atoms with Crippen LogP contribution in [0.25, 0.3) is 0 Å². The molecule has 0 N–H and O–H groups in total. The van der Waals surface area contributed by atoms with Crippen molar-refractivity contribution in [3.05, 3.63) is 65.0 Å². The Morgan fingerprint density at radius 3 is 2.52 bits per heavy atom. The van der Waals surface area contributed by atoms with E-state index in [-0.39, 0.29) is 23.1 Å². The van der Waals surface area contributed by atoms with Crippen LogP contribution in [0.2, 0.25) is 0 Å². The van der Waals surface area contributed by atoms with Gasteiger partial charge in [-0.25, -0.2) is 4.98 Å². The SMILES string of the molecule is Cc1cccc(C(=O)N2CCC3(CC2)C[C@@H](CC(=O)N(C)C)c2ccccc23)n1. The normalized spacial score (nSPS) is 19.8. The average Bonchev–Trinajstić information content (AvgIpc) is 3.01. The van der Waals surface area contributed by atoms with Gasteiger partial charge in [0.05, 0.1) is 0 Å². The predicted octanol–water partition coefficient (Wildman–Crippen LogP) is 3.53. The highest BCUT2D eigenvalue weighted by Crippen LogP contribution is 2.52. The third-order valence-electron chi connectivity index (χ3n) is 6.64. The fourth-order valence-corrected chi connectivity index (χ4v) is 5.04. The van der Waals surface area contributed by atoms with Crippen LogP contribution in [0.3, 0.4) is 0 Å². The zero-order chi connectivity index (χ0) is 20.6. The Balaban J connectivity index is 1.52. The molecule has 2 aromatic rings. The minimum Gasteiger partial charge on any atom is -0.349 e. The van der Waals surface area contributed by atoms with Crippen molar-refractivity contribution >= 4 is 11.8 Å². The van der Waals surface area contributed by atoms with Crippen molar-refractivity contribution in [2.24, 2.45) is 0 Å². The Morgan fingerprint density at radius 1 is 1.10 bits per heavy atom. The van der Waals surface area contributed by atoms with Gasteiger partial charge in [0.2, 0.25) is 5.91 Å². The number of pyridine rings is 1.